The molecular formula is C12H23F3N2. The lowest BCUT2D eigenvalue weighted by Crippen LogP contribution is -2.56. The van der Waals surface area contributed by atoms with Crippen molar-refractivity contribution in [1.29, 1.82) is 0 Å². The molecule has 17 heavy (non-hydrogen) atoms. The van der Waals surface area contributed by atoms with E-state index >= 15 is 0 Å². The minimum atomic E-state index is -4.23. The summed E-state index contributed by atoms with van der Waals surface area (Å²) < 4.78 is 39.0. The highest BCUT2D eigenvalue weighted by Crippen LogP contribution is 2.36. The molecule has 0 spiro atoms. The predicted octanol–water partition coefficient (Wildman–Crippen LogP) is 2.78. The van der Waals surface area contributed by atoms with Gasteiger partial charge in [0, 0.05) is 12.1 Å². The van der Waals surface area contributed by atoms with E-state index < -0.39 is 18.3 Å². The third kappa shape index (κ3) is 4.47. The highest BCUT2D eigenvalue weighted by Gasteiger charge is 2.49. The second-order valence-corrected chi connectivity index (χ2v) is 5.50. The second kappa shape index (κ2) is 5.57. The zero-order valence-corrected chi connectivity index (χ0v) is 10.8. The van der Waals surface area contributed by atoms with Gasteiger partial charge >= 0.3 is 6.18 Å². The Morgan fingerprint density at radius 3 is 2.06 bits per heavy atom. The van der Waals surface area contributed by atoms with E-state index in [2.05, 4.69) is 0 Å². The van der Waals surface area contributed by atoms with Crippen LogP contribution in [0.4, 0.5) is 13.2 Å². The van der Waals surface area contributed by atoms with E-state index in [1.165, 1.54) is 6.92 Å². The van der Waals surface area contributed by atoms with Crippen LogP contribution in [0.5, 0.6) is 0 Å². The van der Waals surface area contributed by atoms with Crippen LogP contribution in [0.25, 0.3) is 0 Å². The highest BCUT2D eigenvalue weighted by molar-refractivity contribution is 4.94. The molecule has 0 aromatic carbocycles. The first kappa shape index (κ1) is 14.8. The molecule has 1 fully saturated rings. The third-order valence-corrected chi connectivity index (χ3v) is 3.17. The summed E-state index contributed by atoms with van der Waals surface area (Å²) in [5.41, 5.74) is 5.53. The first-order chi connectivity index (χ1) is 7.73. The molecule has 2 atom stereocenters. The van der Waals surface area contributed by atoms with Gasteiger partial charge in [0.15, 0.2) is 0 Å². The maximum Gasteiger partial charge on any atom is 0.405 e. The SMILES string of the molecule is CC(C)CCN(C1CC1)C(C(C)N)C(F)(F)F. The Labute approximate surface area is 101 Å². The van der Waals surface area contributed by atoms with E-state index in [9.17, 15) is 13.2 Å². The summed E-state index contributed by atoms with van der Waals surface area (Å²) in [7, 11) is 0. The van der Waals surface area contributed by atoms with Crippen LogP contribution in [-0.2, 0) is 0 Å². The molecule has 1 rings (SSSR count). The Bertz CT molecular complexity index is 234. The van der Waals surface area contributed by atoms with Crippen LogP contribution in [0.2, 0.25) is 0 Å². The molecule has 2 nitrogen and oxygen atoms in total. The standard InChI is InChI=1S/C12H23F3N2/c1-8(2)6-7-17(10-4-5-10)11(9(3)16)12(13,14)15/h8-11H,4-7,16H2,1-3H3. The summed E-state index contributed by atoms with van der Waals surface area (Å²) in [5.74, 6) is 0.415. The van der Waals surface area contributed by atoms with Crippen LogP contribution < -0.4 is 5.73 Å². The number of alkyl halides is 3. The molecule has 2 unspecified atom stereocenters. The molecular weight excluding hydrogens is 229 g/mol. The van der Waals surface area contributed by atoms with Crippen molar-refractivity contribution in [1.82, 2.24) is 4.90 Å². The Morgan fingerprint density at radius 1 is 1.24 bits per heavy atom. The molecule has 1 saturated carbocycles. The van der Waals surface area contributed by atoms with Gasteiger partial charge in [-0.25, -0.2) is 0 Å². The molecule has 0 bridgehead atoms. The summed E-state index contributed by atoms with van der Waals surface area (Å²) >= 11 is 0. The Morgan fingerprint density at radius 2 is 1.76 bits per heavy atom. The molecule has 0 aromatic heterocycles. The molecule has 0 aromatic rings. The molecule has 5 heteroatoms. The van der Waals surface area contributed by atoms with Gasteiger partial charge in [-0.1, -0.05) is 13.8 Å². The van der Waals surface area contributed by atoms with Crippen LogP contribution in [0.3, 0.4) is 0 Å². The summed E-state index contributed by atoms with van der Waals surface area (Å²) in [6.45, 7) is 6.00. The van der Waals surface area contributed by atoms with Crippen LogP contribution in [0.15, 0.2) is 0 Å². The number of rotatable bonds is 6. The van der Waals surface area contributed by atoms with Crippen LogP contribution >= 0.6 is 0 Å². The topological polar surface area (TPSA) is 29.3 Å². The van der Waals surface area contributed by atoms with Gasteiger partial charge in [0.1, 0.15) is 6.04 Å². The third-order valence-electron chi connectivity index (χ3n) is 3.17. The van der Waals surface area contributed by atoms with Crippen molar-refractivity contribution in [2.45, 2.75) is 64.3 Å². The van der Waals surface area contributed by atoms with Crippen molar-refractivity contribution in [2.24, 2.45) is 11.7 Å². The first-order valence-electron chi connectivity index (χ1n) is 6.31. The summed E-state index contributed by atoms with van der Waals surface area (Å²) in [4.78, 5) is 1.57. The Balaban J connectivity index is 2.71. The molecule has 0 aliphatic heterocycles. The maximum absolute atomic E-state index is 13.0. The van der Waals surface area contributed by atoms with Gasteiger partial charge in [0.05, 0.1) is 0 Å². The lowest BCUT2D eigenvalue weighted by atomic mass is 10.1. The molecule has 0 radical (unpaired) electrons. The lowest BCUT2D eigenvalue weighted by Gasteiger charge is -2.36. The van der Waals surface area contributed by atoms with Crippen molar-refractivity contribution in [2.75, 3.05) is 6.54 Å². The van der Waals surface area contributed by atoms with Gasteiger partial charge in [-0.15, -0.1) is 0 Å². The highest BCUT2D eigenvalue weighted by atomic mass is 19.4. The molecule has 2 N–H and O–H groups in total. The number of hydrogen-bond acceptors (Lipinski definition) is 2. The number of hydrogen-bond donors (Lipinski definition) is 1. The van der Waals surface area contributed by atoms with E-state index in [4.69, 9.17) is 5.73 Å². The van der Waals surface area contributed by atoms with Crippen molar-refractivity contribution in [3.8, 4) is 0 Å². The van der Waals surface area contributed by atoms with Crippen LogP contribution in [0.1, 0.15) is 40.0 Å². The van der Waals surface area contributed by atoms with E-state index in [0.717, 1.165) is 19.3 Å². The van der Waals surface area contributed by atoms with Crippen molar-refractivity contribution < 1.29 is 13.2 Å². The molecule has 1 aliphatic carbocycles. The lowest BCUT2D eigenvalue weighted by molar-refractivity contribution is -0.190. The van der Waals surface area contributed by atoms with Crippen molar-refractivity contribution >= 4 is 0 Å². The van der Waals surface area contributed by atoms with Crippen LogP contribution in [0, 0.1) is 5.92 Å². The van der Waals surface area contributed by atoms with Gasteiger partial charge in [-0.2, -0.15) is 13.2 Å². The van der Waals surface area contributed by atoms with E-state index in [0.29, 0.717) is 12.5 Å². The van der Waals surface area contributed by atoms with Crippen LogP contribution in [-0.4, -0.2) is 35.7 Å². The smallest absolute Gasteiger partial charge is 0.326 e. The van der Waals surface area contributed by atoms with E-state index in [-0.39, 0.29) is 6.04 Å². The summed E-state index contributed by atoms with van der Waals surface area (Å²) in [5, 5.41) is 0. The normalized spacial score (nSPS) is 21.0. The maximum atomic E-state index is 13.0. The van der Waals surface area contributed by atoms with E-state index in [1.807, 2.05) is 13.8 Å². The summed E-state index contributed by atoms with van der Waals surface area (Å²) in [6, 6.07) is -2.28. The summed E-state index contributed by atoms with van der Waals surface area (Å²) in [6.07, 6.45) is -1.70. The quantitative estimate of drug-likeness (QED) is 0.787. The monoisotopic (exact) mass is 252 g/mol. The fraction of sp³-hybridized carbons (Fsp3) is 1.00. The van der Waals surface area contributed by atoms with Gasteiger partial charge in [-0.3, -0.25) is 4.90 Å². The Hall–Kier alpha value is -0.290. The minimum absolute atomic E-state index is 0.0892. The average molecular weight is 252 g/mol. The molecule has 1 aliphatic rings. The zero-order valence-electron chi connectivity index (χ0n) is 10.8. The average Bonchev–Trinajstić information content (AvgIpc) is 2.91. The Kier molecular flexibility index (Phi) is 4.84. The largest absolute Gasteiger partial charge is 0.405 e. The molecule has 0 amide bonds. The molecule has 0 heterocycles. The fourth-order valence-electron chi connectivity index (χ4n) is 2.15. The molecule has 0 saturated heterocycles. The minimum Gasteiger partial charge on any atom is -0.326 e. The van der Waals surface area contributed by atoms with Gasteiger partial charge < -0.3 is 5.73 Å². The van der Waals surface area contributed by atoms with Gasteiger partial charge in [-0.05, 0) is 38.6 Å². The fourth-order valence-corrected chi connectivity index (χ4v) is 2.15. The molecule has 102 valence electrons. The predicted molar refractivity (Wildman–Crippen MR) is 62.7 cm³/mol. The number of nitrogens with zero attached hydrogens (tertiary/aromatic N) is 1. The number of nitrogens with two attached hydrogens (primary N) is 1. The van der Waals surface area contributed by atoms with Crippen molar-refractivity contribution in [3.63, 3.8) is 0 Å². The first-order valence-corrected chi connectivity index (χ1v) is 6.31. The number of halogens is 3. The van der Waals surface area contributed by atoms with Gasteiger partial charge in [0.25, 0.3) is 0 Å². The van der Waals surface area contributed by atoms with E-state index in [1.54, 1.807) is 4.90 Å². The van der Waals surface area contributed by atoms with Gasteiger partial charge in [0.2, 0.25) is 0 Å². The zero-order chi connectivity index (χ0) is 13.2. The van der Waals surface area contributed by atoms with Crippen molar-refractivity contribution in [3.05, 3.63) is 0 Å². The second-order valence-electron chi connectivity index (χ2n) is 5.50.